The lowest BCUT2D eigenvalue weighted by molar-refractivity contribution is 0.00805. The van der Waals surface area contributed by atoms with Gasteiger partial charge in [0.25, 0.3) is 0 Å². The molecule has 2 N–H and O–H groups in total. The van der Waals surface area contributed by atoms with Gasteiger partial charge in [-0.1, -0.05) is 0 Å². The molecular formula is C15H30N2O2. The second kappa shape index (κ2) is 6.12. The van der Waals surface area contributed by atoms with Gasteiger partial charge in [0.1, 0.15) is 5.60 Å². The molecule has 0 radical (unpaired) electrons. The number of hydrogen-bond acceptors (Lipinski definition) is 3. The third-order valence-electron chi connectivity index (χ3n) is 3.38. The van der Waals surface area contributed by atoms with E-state index < -0.39 is 5.60 Å². The van der Waals surface area contributed by atoms with Crippen LogP contribution in [0.1, 0.15) is 66.7 Å². The minimum Gasteiger partial charge on any atom is -0.444 e. The van der Waals surface area contributed by atoms with Gasteiger partial charge in [-0.25, -0.2) is 4.79 Å². The van der Waals surface area contributed by atoms with E-state index in [-0.39, 0.29) is 17.7 Å². The normalized spacial score (nSPS) is 21.4. The highest BCUT2D eigenvalue weighted by atomic mass is 16.6. The Kier molecular flexibility index (Phi) is 5.25. The first kappa shape index (κ1) is 16.3. The first-order chi connectivity index (χ1) is 8.58. The zero-order valence-electron chi connectivity index (χ0n) is 13.2. The van der Waals surface area contributed by atoms with Crippen LogP contribution in [-0.4, -0.2) is 34.7 Å². The van der Waals surface area contributed by atoms with Gasteiger partial charge in [0.05, 0.1) is 0 Å². The quantitative estimate of drug-likeness (QED) is 0.856. The van der Waals surface area contributed by atoms with Gasteiger partial charge >= 0.3 is 6.09 Å². The van der Waals surface area contributed by atoms with Crippen LogP contribution in [0.3, 0.4) is 0 Å². The number of ether oxygens (including phenoxy) is 1. The zero-order chi connectivity index (χ0) is 14.7. The van der Waals surface area contributed by atoms with Crippen LogP contribution in [0.25, 0.3) is 0 Å². The first-order valence-electron chi connectivity index (χ1n) is 7.37. The van der Waals surface area contributed by atoms with E-state index in [1.807, 2.05) is 39.5 Å². The molecule has 4 heteroatoms. The Bertz CT molecular complexity index is 302. The molecule has 1 saturated heterocycles. The summed E-state index contributed by atoms with van der Waals surface area (Å²) < 4.78 is 5.50. The lowest BCUT2D eigenvalue weighted by Gasteiger charge is -2.37. The molecule has 0 bridgehead atoms. The second-order valence-corrected chi connectivity index (χ2v) is 7.35. The van der Waals surface area contributed by atoms with E-state index in [4.69, 9.17) is 10.5 Å². The number of nitrogens with two attached hydrogens (primary N) is 1. The molecule has 1 aliphatic heterocycles. The van der Waals surface area contributed by atoms with Crippen molar-refractivity contribution in [1.82, 2.24) is 4.90 Å². The van der Waals surface area contributed by atoms with Crippen molar-refractivity contribution in [1.29, 1.82) is 0 Å². The van der Waals surface area contributed by atoms with E-state index in [1.54, 1.807) is 0 Å². The van der Waals surface area contributed by atoms with Gasteiger partial charge in [0, 0.05) is 18.1 Å². The second-order valence-electron chi connectivity index (χ2n) is 7.35. The molecule has 1 unspecified atom stereocenters. The fourth-order valence-electron chi connectivity index (χ4n) is 2.40. The average Bonchev–Trinajstić information content (AvgIpc) is 2.23. The van der Waals surface area contributed by atoms with Crippen LogP contribution >= 0.6 is 0 Å². The summed E-state index contributed by atoms with van der Waals surface area (Å²) in [4.78, 5) is 14.1. The number of carbonyl (C=O) groups excluding carboxylic acids is 1. The van der Waals surface area contributed by atoms with Crippen molar-refractivity contribution in [2.45, 2.75) is 83.9 Å². The molecule has 112 valence electrons. The molecule has 1 heterocycles. The van der Waals surface area contributed by atoms with Gasteiger partial charge in [0.15, 0.2) is 0 Å². The molecule has 1 atom stereocenters. The first-order valence-corrected chi connectivity index (χ1v) is 7.37. The number of carbonyl (C=O) groups is 1. The number of likely N-dealkylation sites (tertiary alicyclic amines) is 1. The van der Waals surface area contributed by atoms with Crippen LogP contribution in [-0.2, 0) is 4.74 Å². The Hall–Kier alpha value is -0.770. The highest BCUT2D eigenvalue weighted by Crippen LogP contribution is 2.25. The SMILES string of the molecule is CC(C)(N)CCC1CCCCN1C(=O)OC(C)(C)C. The van der Waals surface area contributed by atoms with E-state index in [1.165, 1.54) is 6.42 Å². The zero-order valence-corrected chi connectivity index (χ0v) is 13.2. The molecule has 0 spiro atoms. The lowest BCUT2D eigenvalue weighted by atomic mass is 9.92. The molecule has 1 rings (SSSR count). The monoisotopic (exact) mass is 270 g/mol. The molecule has 1 aliphatic rings. The van der Waals surface area contributed by atoms with Crippen molar-refractivity contribution in [3.05, 3.63) is 0 Å². The molecule has 1 fully saturated rings. The predicted molar refractivity (Wildman–Crippen MR) is 78.1 cm³/mol. The molecule has 1 amide bonds. The van der Waals surface area contributed by atoms with Gasteiger partial charge in [-0.2, -0.15) is 0 Å². The smallest absolute Gasteiger partial charge is 0.410 e. The third kappa shape index (κ3) is 6.28. The minimum absolute atomic E-state index is 0.170. The molecule has 0 saturated carbocycles. The lowest BCUT2D eigenvalue weighted by Crippen LogP contribution is -2.47. The highest BCUT2D eigenvalue weighted by molar-refractivity contribution is 5.68. The highest BCUT2D eigenvalue weighted by Gasteiger charge is 2.30. The Morgan fingerprint density at radius 2 is 1.89 bits per heavy atom. The number of nitrogens with zero attached hydrogens (tertiary/aromatic N) is 1. The van der Waals surface area contributed by atoms with Crippen molar-refractivity contribution >= 4 is 6.09 Å². The van der Waals surface area contributed by atoms with Crippen molar-refractivity contribution in [3.8, 4) is 0 Å². The summed E-state index contributed by atoms with van der Waals surface area (Å²) in [6.07, 6.45) is 5.04. The van der Waals surface area contributed by atoms with Gasteiger partial charge in [0.2, 0.25) is 0 Å². The van der Waals surface area contributed by atoms with Crippen LogP contribution in [0.4, 0.5) is 4.79 Å². The summed E-state index contributed by atoms with van der Waals surface area (Å²) in [5.74, 6) is 0. The van der Waals surface area contributed by atoms with Crippen molar-refractivity contribution in [2.75, 3.05) is 6.54 Å². The topological polar surface area (TPSA) is 55.6 Å². The summed E-state index contributed by atoms with van der Waals surface area (Å²) in [5, 5.41) is 0. The van der Waals surface area contributed by atoms with Gasteiger partial charge < -0.3 is 15.4 Å². The summed E-state index contributed by atoms with van der Waals surface area (Å²) in [6.45, 7) is 10.6. The number of piperidine rings is 1. The number of rotatable bonds is 3. The van der Waals surface area contributed by atoms with Crippen LogP contribution in [0.2, 0.25) is 0 Å². The van der Waals surface area contributed by atoms with Crippen LogP contribution < -0.4 is 5.73 Å². The van der Waals surface area contributed by atoms with Crippen LogP contribution in [0.5, 0.6) is 0 Å². The fraction of sp³-hybridized carbons (Fsp3) is 0.933. The van der Waals surface area contributed by atoms with E-state index in [0.717, 1.165) is 32.2 Å². The Balaban J connectivity index is 2.59. The molecule has 19 heavy (non-hydrogen) atoms. The molecule has 0 aromatic carbocycles. The van der Waals surface area contributed by atoms with Gasteiger partial charge in [-0.15, -0.1) is 0 Å². The maximum Gasteiger partial charge on any atom is 0.410 e. The molecular weight excluding hydrogens is 240 g/mol. The van der Waals surface area contributed by atoms with Gasteiger partial charge in [-0.3, -0.25) is 0 Å². The largest absolute Gasteiger partial charge is 0.444 e. The molecule has 0 aromatic rings. The fourth-order valence-corrected chi connectivity index (χ4v) is 2.40. The number of hydrogen-bond donors (Lipinski definition) is 1. The minimum atomic E-state index is -0.424. The van der Waals surface area contributed by atoms with Crippen molar-refractivity contribution in [2.24, 2.45) is 5.73 Å². The average molecular weight is 270 g/mol. The summed E-state index contributed by atoms with van der Waals surface area (Å²) in [6, 6.07) is 0.284. The van der Waals surface area contributed by atoms with Gasteiger partial charge in [-0.05, 0) is 66.7 Å². The maximum atomic E-state index is 12.2. The van der Waals surface area contributed by atoms with E-state index in [2.05, 4.69) is 0 Å². The predicted octanol–water partition coefficient (Wildman–Crippen LogP) is 3.29. The summed E-state index contributed by atoms with van der Waals surface area (Å²) in [7, 11) is 0. The Labute approximate surface area is 117 Å². The Morgan fingerprint density at radius 1 is 1.26 bits per heavy atom. The molecule has 0 aliphatic carbocycles. The number of amides is 1. The van der Waals surface area contributed by atoms with E-state index >= 15 is 0 Å². The maximum absolute atomic E-state index is 12.2. The van der Waals surface area contributed by atoms with Crippen molar-refractivity contribution < 1.29 is 9.53 Å². The third-order valence-corrected chi connectivity index (χ3v) is 3.38. The van der Waals surface area contributed by atoms with Crippen LogP contribution in [0, 0.1) is 0 Å². The van der Waals surface area contributed by atoms with Crippen LogP contribution in [0.15, 0.2) is 0 Å². The Morgan fingerprint density at radius 3 is 2.42 bits per heavy atom. The van der Waals surface area contributed by atoms with E-state index in [9.17, 15) is 4.79 Å². The van der Waals surface area contributed by atoms with Crippen molar-refractivity contribution in [3.63, 3.8) is 0 Å². The summed E-state index contributed by atoms with van der Waals surface area (Å²) >= 11 is 0. The standard InChI is InChI=1S/C15H30N2O2/c1-14(2,3)19-13(18)17-11-7-6-8-12(17)9-10-15(4,5)16/h12H,6-11,16H2,1-5H3. The molecule has 0 aromatic heterocycles. The van der Waals surface area contributed by atoms with E-state index in [0.29, 0.717) is 0 Å². The molecule has 4 nitrogen and oxygen atoms in total. The summed E-state index contributed by atoms with van der Waals surface area (Å²) in [5.41, 5.74) is 5.45.